The lowest BCUT2D eigenvalue weighted by molar-refractivity contribution is -0.134. The Bertz CT molecular complexity index is 2490. The van der Waals surface area contributed by atoms with E-state index in [0.717, 1.165) is 44.5 Å². The molecule has 0 N–H and O–H groups in total. The molecule has 0 aliphatic carbocycles. The maximum absolute atomic E-state index is 15.2. The van der Waals surface area contributed by atoms with Gasteiger partial charge in [0.2, 0.25) is 0 Å². The second kappa shape index (κ2) is 15.7. The fourth-order valence-corrected chi connectivity index (χ4v) is 10.1. The van der Waals surface area contributed by atoms with E-state index in [4.69, 9.17) is 23.0 Å². The highest BCUT2D eigenvalue weighted by Crippen LogP contribution is 2.55. The van der Waals surface area contributed by atoms with Gasteiger partial charge in [-0.3, -0.25) is 9.59 Å². The lowest BCUT2D eigenvalue weighted by Crippen LogP contribution is -2.17. The van der Waals surface area contributed by atoms with E-state index in [-0.39, 0.29) is 33.6 Å². The second-order valence-electron chi connectivity index (χ2n) is 21.6. The van der Waals surface area contributed by atoms with Gasteiger partial charge < -0.3 is 23.0 Å². The fourth-order valence-electron chi connectivity index (χ4n) is 8.62. The van der Waals surface area contributed by atoms with Crippen molar-refractivity contribution in [2.75, 3.05) is 0 Å². The van der Waals surface area contributed by atoms with Gasteiger partial charge in [-0.05, 0) is 106 Å². The minimum atomic E-state index is -4.49. The predicted octanol–water partition coefficient (Wildman–Crippen LogP) is 13.9. The van der Waals surface area contributed by atoms with E-state index in [0.29, 0.717) is 51.0 Å². The van der Waals surface area contributed by atoms with E-state index in [1.807, 2.05) is 58.0 Å². The molecule has 63 heavy (non-hydrogen) atoms. The maximum Gasteiger partial charge on any atom is 0.647 e. The first kappa shape index (κ1) is 45.7. The summed E-state index contributed by atoms with van der Waals surface area (Å²) < 4.78 is 46.3. The SMILES string of the molecule is Cc1cc(C2C(=O)Oc3c2cc(C(C)(C)C)cc3C(C)(C)C)cc(C)c1OP(=O)(Oc1ccccc1)Oc1c(C)cc(C2C(=O)Oc3c2cc(C(C)(C)C)cc3C(C)(C)C)cc1C. The minimum absolute atomic E-state index is 0.161. The van der Waals surface area contributed by atoms with E-state index in [1.165, 1.54) is 0 Å². The first-order valence-electron chi connectivity index (χ1n) is 21.8. The lowest BCUT2D eigenvalue weighted by Gasteiger charge is -2.27. The van der Waals surface area contributed by atoms with Gasteiger partial charge in [-0.1, -0.05) is 150 Å². The smallest absolute Gasteiger partial charge is 0.425 e. The van der Waals surface area contributed by atoms with Gasteiger partial charge in [0, 0.05) is 22.3 Å². The van der Waals surface area contributed by atoms with E-state index in [1.54, 1.807) is 24.3 Å². The molecule has 2 atom stereocenters. The predicted molar refractivity (Wildman–Crippen MR) is 250 cm³/mol. The fraction of sp³-hybridized carbons (Fsp3) is 0.407. The maximum atomic E-state index is 15.2. The molecule has 5 aromatic carbocycles. The lowest BCUT2D eigenvalue weighted by atomic mass is 9.77. The molecular formula is C54H63O8P. The van der Waals surface area contributed by atoms with Gasteiger partial charge in [-0.2, -0.15) is 4.57 Å². The molecule has 9 heteroatoms. The van der Waals surface area contributed by atoms with Gasteiger partial charge in [0.25, 0.3) is 0 Å². The summed E-state index contributed by atoms with van der Waals surface area (Å²) in [5.74, 6) is 0.139. The number of ether oxygens (including phenoxy) is 2. The Labute approximate surface area is 374 Å². The highest BCUT2D eigenvalue weighted by Gasteiger charge is 2.43. The first-order valence-corrected chi connectivity index (χ1v) is 23.3. The van der Waals surface area contributed by atoms with Crippen molar-refractivity contribution in [3.63, 3.8) is 0 Å². The van der Waals surface area contributed by atoms with Crippen LogP contribution < -0.4 is 23.0 Å². The van der Waals surface area contributed by atoms with Crippen LogP contribution >= 0.6 is 7.82 Å². The molecule has 5 aromatic rings. The number of aryl methyl sites for hydroxylation is 4. The van der Waals surface area contributed by atoms with Gasteiger partial charge in [0.15, 0.2) is 0 Å². The van der Waals surface area contributed by atoms with Gasteiger partial charge >= 0.3 is 19.8 Å². The molecule has 0 saturated carbocycles. The number of rotatable bonds is 8. The van der Waals surface area contributed by atoms with Crippen LogP contribution in [0.15, 0.2) is 78.9 Å². The number of carbonyl (C=O) groups excluding carboxylic acids is 2. The number of fused-ring (bicyclic) bond motifs is 2. The number of para-hydroxylation sites is 1. The van der Waals surface area contributed by atoms with Crippen molar-refractivity contribution < 1.29 is 37.2 Å². The van der Waals surface area contributed by atoms with Crippen molar-refractivity contribution in [3.8, 4) is 28.7 Å². The zero-order valence-electron chi connectivity index (χ0n) is 39.9. The molecule has 0 saturated heterocycles. The van der Waals surface area contributed by atoms with E-state index in [9.17, 15) is 9.59 Å². The van der Waals surface area contributed by atoms with Crippen molar-refractivity contribution in [1.29, 1.82) is 0 Å². The Morgan fingerprint density at radius 1 is 0.476 bits per heavy atom. The van der Waals surface area contributed by atoms with Crippen LogP contribution in [0.25, 0.3) is 0 Å². The molecule has 332 valence electrons. The molecule has 0 fully saturated rings. The average molecular weight is 871 g/mol. The van der Waals surface area contributed by atoms with E-state index >= 15 is 4.57 Å². The molecule has 0 bridgehead atoms. The van der Waals surface area contributed by atoms with E-state index in [2.05, 4.69) is 107 Å². The van der Waals surface area contributed by atoms with Crippen LogP contribution in [-0.4, -0.2) is 11.9 Å². The number of hydrogen-bond donors (Lipinski definition) is 0. The van der Waals surface area contributed by atoms with Crippen molar-refractivity contribution in [3.05, 3.63) is 146 Å². The number of phosphoric ester groups is 1. The number of hydrogen-bond acceptors (Lipinski definition) is 8. The summed E-state index contributed by atoms with van der Waals surface area (Å²) in [5.41, 5.74) is 9.08. The van der Waals surface area contributed by atoms with Crippen LogP contribution in [0.4, 0.5) is 0 Å². The van der Waals surface area contributed by atoms with Crippen LogP contribution in [0, 0.1) is 27.7 Å². The quantitative estimate of drug-likeness (QED) is 0.0864. The summed E-state index contributed by atoms with van der Waals surface area (Å²) >= 11 is 0. The van der Waals surface area contributed by atoms with E-state index < -0.39 is 19.7 Å². The molecule has 7 rings (SSSR count). The zero-order chi connectivity index (χ0) is 46.4. The van der Waals surface area contributed by atoms with Crippen LogP contribution in [-0.2, 0) is 35.8 Å². The zero-order valence-corrected chi connectivity index (χ0v) is 40.8. The Morgan fingerprint density at radius 3 is 1.14 bits per heavy atom. The van der Waals surface area contributed by atoms with Crippen LogP contribution in [0.3, 0.4) is 0 Å². The van der Waals surface area contributed by atoms with Gasteiger partial charge in [0.05, 0.1) is 0 Å². The Balaban J connectivity index is 1.26. The molecule has 2 aliphatic rings. The second-order valence-corrected chi connectivity index (χ2v) is 23.0. The number of esters is 2. The number of carbonyl (C=O) groups is 2. The molecule has 2 heterocycles. The molecule has 0 amide bonds. The summed E-state index contributed by atoms with van der Waals surface area (Å²) in [4.78, 5) is 27.6. The Morgan fingerprint density at radius 2 is 0.825 bits per heavy atom. The summed E-state index contributed by atoms with van der Waals surface area (Å²) in [5, 5.41) is 0. The topological polar surface area (TPSA) is 97.4 Å². The normalized spacial score (nSPS) is 17.4. The summed E-state index contributed by atoms with van der Waals surface area (Å²) in [6.45, 7) is 33.2. The standard InChI is InChI=1S/C54H63O8P/c1-30-22-34(43-39-26-36(51(5,6)7)28-41(53(11,12)13)47(39)58-49(43)55)23-31(2)45(30)61-63(57,60-38-20-18-17-19-21-38)62-46-32(3)24-35(25-33(46)4)44-40-27-37(52(8,9)10)29-42(54(14,15)16)48(40)59-50(44)56/h17-29,43-44H,1-16H3. The van der Waals surface area contributed by atoms with Crippen molar-refractivity contribution in [2.45, 2.75) is 144 Å². The third-order valence-corrected chi connectivity index (χ3v) is 13.3. The van der Waals surface area contributed by atoms with Gasteiger partial charge in [-0.25, -0.2) is 0 Å². The highest BCUT2D eigenvalue weighted by molar-refractivity contribution is 7.49. The monoisotopic (exact) mass is 870 g/mol. The van der Waals surface area contributed by atoms with Crippen LogP contribution in [0.2, 0.25) is 0 Å². The third-order valence-electron chi connectivity index (χ3n) is 12.1. The summed E-state index contributed by atoms with van der Waals surface area (Å²) in [6, 6.07) is 24.8. The molecule has 0 radical (unpaired) electrons. The number of phosphoric acid groups is 1. The van der Waals surface area contributed by atoms with Crippen molar-refractivity contribution >= 4 is 19.8 Å². The van der Waals surface area contributed by atoms with Gasteiger partial charge in [0.1, 0.15) is 40.6 Å². The Hall–Kier alpha value is -5.33. The highest BCUT2D eigenvalue weighted by atomic mass is 31.2. The summed E-state index contributed by atoms with van der Waals surface area (Å²) in [6.07, 6.45) is 0. The molecular weight excluding hydrogens is 808 g/mol. The third kappa shape index (κ3) is 8.94. The molecule has 2 aliphatic heterocycles. The summed E-state index contributed by atoms with van der Waals surface area (Å²) in [7, 11) is -4.49. The van der Waals surface area contributed by atoms with Crippen molar-refractivity contribution in [1.82, 2.24) is 0 Å². The largest absolute Gasteiger partial charge is 0.647 e. The molecule has 8 nitrogen and oxygen atoms in total. The molecule has 0 spiro atoms. The Kier molecular flexibility index (Phi) is 11.4. The van der Waals surface area contributed by atoms with Gasteiger partial charge in [-0.15, -0.1) is 0 Å². The first-order chi connectivity index (χ1) is 29.1. The minimum Gasteiger partial charge on any atom is -0.425 e. The van der Waals surface area contributed by atoms with Crippen molar-refractivity contribution in [2.24, 2.45) is 0 Å². The average Bonchev–Trinajstić information content (AvgIpc) is 3.67. The molecule has 2 unspecified atom stereocenters. The number of benzene rings is 5. The molecule has 0 aromatic heterocycles. The van der Waals surface area contributed by atoms with Crippen LogP contribution in [0.5, 0.6) is 28.7 Å². The van der Waals surface area contributed by atoms with Crippen LogP contribution in [0.1, 0.15) is 162 Å².